The molecule has 0 bridgehead atoms. The predicted molar refractivity (Wildman–Crippen MR) is 170 cm³/mol. The summed E-state index contributed by atoms with van der Waals surface area (Å²) in [4.78, 5) is 11.7. The summed E-state index contributed by atoms with van der Waals surface area (Å²) < 4.78 is 77.4. The topological polar surface area (TPSA) is 144 Å². The number of benzene rings is 1. The van der Waals surface area contributed by atoms with Gasteiger partial charge in [-0.3, -0.25) is 8.98 Å². The maximum Gasteiger partial charge on any atom is 0.305 e. The molecule has 0 unspecified atom stereocenters. The highest BCUT2D eigenvalue weighted by Gasteiger charge is 2.13. The van der Waals surface area contributed by atoms with Gasteiger partial charge in [0.2, 0.25) is 0 Å². The van der Waals surface area contributed by atoms with Gasteiger partial charge in [-0.25, -0.2) is 0 Å². The molecule has 0 aliphatic heterocycles. The number of hydrogen-bond acceptors (Lipinski definition) is 13. The van der Waals surface area contributed by atoms with Crippen molar-refractivity contribution >= 4 is 16.1 Å². The average Bonchev–Trinajstić information content (AvgIpc) is 3.06. The fourth-order valence-corrected chi connectivity index (χ4v) is 4.57. The van der Waals surface area contributed by atoms with Crippen molar-refractivity contribution in [2.24, 2.45) is 0 Å². The highest BCUT2D eigenvalue weighted by molar-refractivity contribution is 7.86. The number of carbonyl (C=O) groups is 1. The van der Waals surface area contributed by atoms with Gasteiger partial charge in [0, 0.05) is 6.42 Å². The Morgan fingerprint density at radius 1 is 0.500 bits per heavy atom. The lowest BCUT2D eigenvalue weighted by atomic mass is 10.1. The molecule has 0 N–H and O–H groups in total. The van der Waals surface area contributed by atoms with Gasteiger partial charge in [0.1, 0.15) is 6.61 Å². The van der Waals surface area contributed by atoms with Crippen LogP contribution in [-0.2, 0) is 61.7 Å². The summed E-state index contributed by atoms with van der Waals surface area (Å²) in [5.41, 5.74) is 0. The van der Waals surface area contributed by atoms with E-state index in [0.717, 1.165) is 12.8 Å². The molecule has 0 saturated heterocycles. The largest absolute Gasteiger partial charge is 0.463 e. The Labute approximate surface area is 275 Å². The van der Waals surface area contributed by atoms with Crippen LogP contribution in [0.2, 0.25) is 0 Å². The zero-order valence-corrected chi connectivity index (χ0v) is 28.4. The summed E-state index contributed by atoms with van der Waals surface area (Å²) in [5, 5.41) is 0. The summed E-state index contributed by atoms with van der Waals surface area (Å²) in [6.07, 6.45) is 6.03. The first-order valence-corrected chi connectivity index (χ1v) is 17.7. The van der Waals surface area contributed by atoms with Crippen molar-refractivity contribution in [3.8, 4) is 0 Å². The maximum atomic E-state index is 12.0. The molecule has 14 heteroatoms. The number of unbranched alkanes of at least 4 members (excludes halogenated alkanes) is 4. The molecule has 0 radical (unpaired) electrons. The number of hydrogen-bond donors (Lipinski definition) is 0. The minimum atomic E-state index is -3.76. The lowest BCUT2D eigenvalue weighted by Crippen LogP contribution is -2.16. The first-order valence-electron chi connectivity index (χ1n) is 16.3. The molecular formula is C32H56O13S. The van der Waals surface area contributed by atoms with Gasteiger partial charge in [-0.2, -0.15) is 8.42 Å². The van der Waals surface area contributed by atoms with Gasteiger partial charge < -0.3 is 42.6 Å². The van der Waals surface area contributed by atoms with Crippen LogP contribution >= 0.6 is 0 Å². The highest BCUT2D eigenvalue weighted by atomic mass is 32.2. The third kappa shape index (κ3) is 27.4. The van der Waals surface area contributed by atoms with Gasteiger partial charge in [0.15, 0.2) is 0 Å². The molecule has 0 spiro atoms. The zero-order chi connectivity index (χ0) is 33.2. The van der Waals surface area contributed by atoms with E-state index in [4.69, 9.17) is 46.8 Å². The molecule has 0 atom stereocenters. The summed E-state index contributed by atoms with van der Waals surface area (Å²) >= 11 is 0. The molecule has 1 aromatic rings. The van der Waals surface area contributed by atoms with Crippen molar-refractivity contribution in [2.75, 3.05) is 119 Å². The van der Waals surface area contributed by atoms with Crippen molar-refractivity contribution in [1.29, 1.82) is 0 Å². The Hall–Kier alpha value is -1.72. The standard InChI is InChI=1S/C32H56O13S/c1-2-3-4-5-9-12-32(33)44-29-27-42-25-23-40-21-19-38-17-15-36-13-14-37-16-18-39-20-22-41-24-26-43-28-30-45-46(34,35)31-10-7-6-8-11-31/h6-8,10-11H,2-5,9,12-30H2,1H3. The van der Waals surface area contributed by atoms with Crippen LogP contribution in [0, 0.1) is 0 Å². The van der Waals surface area contributed by atoms with E-state index in [1.54, 1.807) is 18.2 Å². The van der Waals surface area contributed by atoms with Crippen LogP contribution in [0.1, 0.15) is 45.4 Å². The van der Waals surface area contributed by atoms with E-state index < -0.39 is 10.1 Å². The number of ether oxygens (including phenoxy) is 9. The van der Waals surface area contributed by atoms with Gasteiger partial charge in [-0.1, -0.05) is 50.8 Å². The van der Waals surface area contributed by atoms with Crippen LogP contribution in [0.3, 0.4) is 0 Å². The molecule has 13 nitrogen and oxygen atoms in total. The van der Waals surface area contributed by atoms with Crippen molar-refractivity contribution < 1.29 is 60.0 Å². The van der Waals surface area contributed by atoms with Crippen LogP contribution in [0.15, 0.2) is 35.2 Å². The van der Waals surface area contributed by atoms with Gasteiger partial charge in [-0.15, -0.1) is 0 Å². The second-order valence-corrected chi connectivity index (χ2v) is 11.5. The molecule has 268 valence electrons. The van der Waals surface area contributed by atoms with E-state index in [0.29, 0.717) is 106 Å². The lowest BCUT2D eigenvalue weighted by Gasteiger charge is -2.09. The number of carbonyl (C=O) groups excluding carboxylic acids is 1. The molecule has 0 amide bonds. The van der Waals surface area contributed by atoms with Crippen molar-refractivity contribution in [2.45, 2.75) is 50.3 Å². The van der Waals surface area contributed by atoms with Gasteiger partial charge >= 0.3 is 5.97 Å². The molecule has 0 aliphatic rings. The lowest BCUT2D eigenvalue weighted by molar-refractivity contribution is -0.145. The van der Waals surface area contributed by atoms with E-state index in [1.807, 2.05) is 0 Å². The molecule has 0 saturated carbocycles. The Bertz CT molecular complexity index is 903. The SMILES string of the molecule is CCCCCCCC(=O)OCCOCCOCCOCCOCCOCCOCCOCCOCCOS(=O)(=O)c1ccccc1. The first-order chi connectivity index (χ1) is 22.6. The van der Waals surface area contributed by atoms with E-state index in [1.165, 1.54) is 31.4 Å². The van der Waals surface area contributed by atoms with E-state index >= 15 is 0 Å². The molecule has 1 aromatic carbocycles. The first kappa shape index (κ1) is 42.3. The molecule has 0 aliphatic carbocycles. The zero-order valence-electron chi connectivity index (χ0n) is 27.6. The highest BCUT2D eigenvalue weighted by Crippen LogP contribution is 2.10. The monoisotopic (exact) mass is 680 g/mol. The Morgan fingerprint density at radius 3 is 1.28 bits per heavy atom. The Morgan fingerprint density at radius 2 is 0.870 bits per heavy atom. The minimum absolute atomic E-state index is 0.0604. The summed E-state index contributed by atoms with van der Waals surface area (Å²) in [7, 11) is -3.76. The smallest absolute Gasteiger partial charge is 0.305 e. The van der Waals surface area contributed by atoms with Crippen LogP contribution < -0.4 is 0 Å². The number of rotatable bonds is 35. The van der Waals surface area contributed by atoms with Crippen LogP contribution in [0.25, 0.3) is 0 Å². The van der Waals surface area contributed by atoms with Crippen molar-refractivity contribution in [3.05, 3.63) is 30.3 Å². The molecule has 0 fully saturated rings. The molecule has 0 aromatic heterocycles. The minimum Gasteiger partial charge on any atom is -0.463 e. The second-order valence-electron chi connectivity index (χ2n) is 9.87. The number of esters is 1. The van der Waals surface area contributed by atoms with Gasteiger partial charge in [0.05, 0.1) is 117 Å². The van der Waals surface area contributed by atoms with E-state index in [9.17, 15) is 13.2 Å². The summed E-state index contributed by atoms with van der Waals surface area (Å²) in [6, 6.07) is 7.97. The second kappa shape index (κ2) is 31.9. The quantitative estimate of drug-likeness (QED) is 0.0587. The third-order valence-electron chi connectivity index (χ3n) is 6.08. The fourth-order valence-electron chi connectivity index (χ4n) is 3.66. The Kier molecular flexibility index (Phi) is 29.3. The van der Waals surface area contributed by atoms with Crippen LogP contribution in [-0.4, -0.2) is 133 Å². The molecule has 0 heterocycles. The van der Waals surface area contributed by atoms with Crippen molar-refractivity contribution in [1.82, 2.24) is 0 Å². The molecule has 1 rings (SSSR count). The molecular weight excluding hydrogens is 624 g/mol. The van der Waals surface area contributed by atoms with Gasteiger partial charge in [-0.05, 0) is 18.6 Å². The normalized spacial score (nSPS) is 11.7. The van der Waals surface area contributed by atoms with Crippen LogP contribution in [0.5, 0.6) is 0 Å². The maximum absolute atomic E-state index is 12.0. The predicted octanol–water partition coefficient (Wildman–Crippen LogP) is 3.43. The van der Waals surface area contributed by atoms with E-state index in [-0.39, 0.29) is 30.7 Å². The molecule has 46 heavy (non-hydrogen) atoms. The van der Waals surface area contributed by atoms with Gasteiger partial charge in [0.25, 0.3) is 10.1 Å². The fraction of sp³-hybridized carbons (Fsp3) is 0.781. The average molecular weight is 681 g/mol. The van der Waals surface area contributed by atoms with Crippen molar-refractivity contribution in [3.63, 3.8) is 0 Å². The summed E-state index contributed by atoms with van der Waals surface area (Å²) in [5.74, 6) is -0.156. The Balaban J connectivity index is 1.69. The third-order valence-corrected chi connectivity index (χ3v) is 7.40. The summed E-state index contributed by atoms with van der Waals surface area (Å²) in [6.45, 7) is 9.09. The van der Waals surface area contributed by atoms with E-state index in [2.05, 4.69) is 6.92 Å². The van der Waals surface area contributed by atoms with Crippen LogP contribution in [0.4, 0.5) is 0 Å².